The van der Waals surface area contributed by atoms with Gasteiger partial charge in [0.1, 0.15) is 12.4 Å². The zero-order valence-electron chi connectivity index (χ0n) is 16.5. The first kappa shape index (κ1) is 19.6. The lowest BCUT2D eigenvalue weighted by atomic mass is 10.0. The number of aromatic nitrogens is 2. The van der Waals surface area contributed by atoms with E-state index >= 15 is 0 Å². The number of halogens is 1. The van der Waals surface area contributed by atoms with E-state index in [1.807, 2.05) is 42.0 Å². The van der Waals surface area contributed by atoms with Crippen LogP contribution < -0.4 is 5.56 Å². The summed E-state index contributed by atoms with van der Waals surface area (Å²) in [5.74, 6) is -1.20. The fourth-order valence-corrected chi connectivity index (χ4v) is 3.86. The van der Waals surface area contributed by atoms with Crippen molar-refractivity contribution in [2.75, 3.05) is 0 Å². The number of hydrogen-bond donors (Lipinski definition) is 1. The Morgan fingerprint density at radius 1 is 1.00 bits per heavy atom. The number of aliphatic carboxylic acids is 1. The Morgan fingerprint density at radius 3 is 2.43 bits per heavy atom. The number of pyridine rings is 1. The van der Waals surface area contributed by atoms with Crippen LogP contribution in [-0.2, 0) is 24.3 Å². The van der Waals surface area contributed by atoms with Crippen molar-refractivity contribution in [2.45, 2.75) is 26.4 Å². The first-order valence-electron chi connectivity index (χ1n) is 9.64. The maximum atomic E-state index is 13.2. The SMILES string of the molecule is Cc1c(Cc2ccc(=O)n(Cc3ccc(F)cc3)c2)c2ccccc2n1CC(=O)O. The summed E-state index contributed by atoms with van der Waals surface area (Å²) in [6.45, 7) is 2.18. The molecule has 2 aromatic carbocycles. The quantitative estimate of drug-likeness (QED) is 0.529. The number of rotatable bonds is 6. The number of carboxylic acids is 1. The van der Waals surface area contributed by atoms with Crippen molar-refractivity contribution in [3.05, 3.63) is 105 Å². The van der Waals surface area contributed by atoms with Crippen LogP contribution in [0.5, 0.6) is 0 Å². The number of benzene rings is 2. The van der Waals surface area contributed by atoms with Gasteiger partial charge in [0.2, 0.25) is 0 Å². The van der Waals surface area contributed by atoms with Gasteiger partial charge in [0.15, 0.2) is 0 Å². The third-order valence-corrected chi connectivity index (χ3v) is 5.35. The lowest BCUT2D eigenvalue weighted by Crippen LogP contribution is -2.19. The second kappa shape index (κ2) is 7.99. The zero-order valence-corrected chi connectivity index (χ0v) is 16.5. The Bertz CT molecular complexity index is 1290. The fourth-order valence-electron chi connectivity index (χ4n) is 3.86. The highest BCUT2D eigenvalue weighted by atomic mass is 19.1. The molecule has 5 nitrogen and oxygen atoms in total. The van der Waals surface area contributed by atoms with E-state index in [0.29, 0.717) is 13.0 Å². The largest absolute Gasteiger partial charge is 0.480 e. The summed E-state index contributed by atoms with van der Waals surface area (Å²) in [6, 6.07) is 17.2. The molecule has 0 aliphatic carbocycles. The van der Waals surface area contributed by atoms with Crippen molar-refractivity contribution >= 4 is 16.9 Å². The maximum Gasteiger partial charge on any atom is 0.323 e. The Kier molecular flexibility index (Phi) is 5.23. The lowest BCUT2D eigenvalue weighted by molar-refractivity contribution is -0.137. The van der Waals surface area contributed by atoms with E-state index in [4.69, 9.17) is 0 Å². The maximum absolute atomic E-state index is 13.2. The molecule has 4 rings (SSSR count). The summed E-state index contributed by atoms with van der Waals surface area (Å²) in [5, 5.41) is 10.3. The second-order valence-corrected chi connectivity index (χ2v) is 7.37. The molecule has 30 heavy (non-hydrogen) atoms. The standard InChI is InChI=1S/C24H21FN2O3/c1-16-21(20-4-2-3-5-22(20)27(16)15-24(29)30)12-18-8-11-23(28)26(14-18)13-17-6-9-19(25)10-7-17/h2-11,14H,12-13,15H2,1H3,(H,29,30). The molecule has 0 aliphatic heterocycles. The number of nitrogens with zero attached hydrogens (tertiary/aromatic N) is 2. The van der Waals surface area contributed by atoms with Crippen molar-refractivity contribution in [2.24, 2.45) is 0 Å². The van der Waals surface area contributed by atoms with Crippen LogP contribution in [0.4, 0.5) is 4.39 Å². The molecule has 1 N–H and O–H groups in total. The van der Waals surface area contributed by atoms with Crippen LogP contribution in [0.15, 0.2) is 71.7 Å². The van der Waals surface area contributed by atoms with Crippen molar-refractivity contribution in [3.8, 4) is 0 Å². The van der Waals surface area contributed by atoms with Crippen LogP contribution in [0.3, 0.4) is 0 Å². The normalized spacial score (nSPS) is 11.1. The Labute approximate surface area is 172 Å². The van der Waals surface area contributed by atoms with E-state index in [9.17, 15) is 19.1 Å². The van der Waals surface area contributed by atoms with Gasteiger partial charge in [-0.1, -0.05) is 36.4 Å². The van der Waals surface area contributed by atoms with Gasteiger partial charge in [0, 0.05) is 35.3 Å². The van der Waals surface area contributed by atoms with Gasteiger partial charge < -0.3 is 14.2 Å². The van der Waals surface area contributed by atoms with E-state index in [2.05, 4.69) is 0 Å². The van der Waals surface area contributed by atoms with Gasteiger partial charge in [-0.25, -0.2) is 4.39 Å². The van der Waals surface area contributed by atoms with E-state index in [-0.39, 0.29) is 17.9 Å². The second-order valence-electron chi connectivity index (χ2n) is 7.37. The summed E-state index contributed by atoms with van der Waals surface area (Å²) in [5.41, 5.74) is 4.47. The van der Waals surface area contributed by atoms with Gasteiger partial charge in [-0.3, -0.25) is 9.59 Å². The summed E-state index contributed by atoms with van der Waals surface area (Å²) < 4.78 is 16.6. The first-order chi connectivity index (χ1) is 14.4. The van der Waals surface area contributed by atoms with Gasteiger partial charge in [-0.15, -0.1) is 0 Å². The molecule has 0 spiro atoms. The van der Waals surface area contributed by atoms with Crippen LogP contribution in [0.25, 0.3) is 10.9 Å². The van der Waals surface area contributed by atoms with Crippen LogP contribution in [0.1, 0.15) is 22.4 Å². The van der Waals surface area contributed by atoms with E-state index in [1.165, 1.54) is 18.2 Å². The molecule has 0 radical (unpaired) electrons. The van der Waals surface area contributed by atoms with Crippen LogP contribution >= 0.6 is 0 Å². The van der Waals surface area contributed by atoms with Gasteiger partial charge in [0.25, 0.3) is 5.56 Å². The number of carbonyl (C=O) groups is 1. The Morgan fingerprint density at radius 2 is 1.70 bits per heavy atom. The summed E-state index contributed by atoms with van der Waals surface area (Å²) in [4.78, 5) is 23.6. The number of fused-ring (bicyclic) bond motifs is 1. The average molecular weight is 404 g/mol. The molecule has 6 heteroatoms. The van der Waals surface area contributed by atoms with E-state index in [0.717, 1.165) is 33.3 Å². The van der Waals surface area contributed by atoms with Crippen LogP contribution in [0.2, 0.25) is 0 Å². The van der Waals surface area contributed by atoms with E-state index in [1.54, 1.807) is 22.8 Å². The minimum atomic E-state index is -0.891. The average Bonchev–Trinajstić information content (AvgIpc) is 2.98. The molecule has 152 valence electrons. The molecule has 0 bridgehead atoms. The third kappa shape index (κ3) is 3.89. The zero-order chi connectivity index (χ0) is 21.3. The van der Waals surface area contributed by atoms with E-state index < -0.39 is 5.97 Å². The molecule has 4 aromatic rings. The molecule has 2 aromatic heterocycles. The predicted octanol–water partition coefficient (Wildman–Crippen LogP) is 3.97. The Hall–Kier alpha value is -3.67. The van der Waals surface area contributed by atoms with Crippen molar-refractivity contribution in [3.63, 3.8) is 0 Å². The molecule has 0 atom stereocenters. The van der Waals surface area contributed by atoms with Crippen molar-refractivity contribution in [1.29, 1.82) is 0 Å². The fraction of sp³-hybridized carbons (Fsp3) is 0.167. The molecule has 0 aliphatic rings. The van der Waals surface area contributed by atoms with Crippen molar-refractivity contribution < 1.29 is 14.3 Å². The molecule has 0 fully saturated rings. The predicted molar refractivity (Wildman–Crippen MR) is 113 cm³/mol. The van der Waals surface area contributed by atoms with Crippen LogP contribution in [-0.4, -0.2) is 20.2 Å². The number of para-hydroxylation sites is 1. The van der Waals surface area contributed by atoms with Gasteiger partial charge >= 0.3 is 5.97 Å². The molecular formula is C24H21FN2O3. The Balaban J connectivity index is 1.70. The topological polar surface area (TPSA) is 64.2 Å². The minimum absolute atomic E-state index is 0.101. The lowest BCUT2D eigenvalue weighted by Gasteiger charge is -2.10. The summed E-state index contributed by atoms with van der Waals surface area (Å²) >= 11 is 0. The van der Waals surface area contributed by atoms with Gasteiger partial charge in [0.05, 0.1) is 6.54 Å². The molecule has 0 unspecified atom stereocenters. The molecule has 0 saturated heterocycles. The molecule has 0 amide bonds. The number of carboxylic acid groups (broad SMARTS) is 1. The molecule has 2 heterocycles. The smallest absolute Gasteiger partial charge is 0.323 e. The van der Waals surface area contributed by atoms with Crippen LogP contribution in [0, 0.1) is 12.7 Å². The number of hydrogen-bond acceptors (Lipinski definition) is 2. The summed E-state index contributed by atoms with van der Waals surface area (Å²) in [6.07, 6.45) is 2.39. The third-order valence-electron chi connectivity index (χ3n) is 5.35. The monoisotopic (exact) mass is 404 g/mol. The van der Waals surface area contributed by atoms with Crippen molar-refractivity contribution in [1.82, 2.24) is 9.13 Å². The van der Waals surface area contributed by atoms with Gasteiger partial charge in [-0.2, -0.15) is 0 Å². The molecular weight excluding hydrogens is 383 g/mol. The first-order valence-corrected chi connectivity index (χ1v) is 9.64. The summed E-state index contributed by atoms with van der Waals surface area (Å²) in [7, 11) is 0. The highest BCUT2D eigenvalue weighted by molar-refractivity contribution is 5.87. The minimum Gasteiger partial charge on any atom is -0.480 e. The van der Waals surface area contributed by atoms with Gasteiger partial charge in [-0.05, 0) is 41.8 Å². The molecule has 0 saturated carbocycles. The highest BCUT2D eigenvalue weighted by Crippen LogP contribution is 2.28. The highest BCUT2D eigenvalue weighted by Gasteiger charge is 2.16.